The van der Waals surface area contributed by atoms with E-state index in [0.717, 1.165) is 23.2 Å². The average molecular weight is 664 g/mol. The topological polar surface area (TPSA) is 153 Å². The molecule has 0 saturated carbocycles. The molecule has 0 aliphatic rings. The first-order chi connectivity index (χ1) is 22.2. The van der Waals surface area contributed by atoms with Gasteiger partial charge in [-0.15, -0.1) is 0 Å². The molecule has 0 atom stereocenters. The van der Waals surface area contributed by atoms with Crippen LogP contribution in [0, 0.1) is 0 Å². The number of rotatable bonds is 12. The standard InChI is InChI=1S/C31H24Cl2FN7O5/c1-2-20-5-3-7-23(35-20)25-13-19(18-9-11-22(12-10-18)45-31-39-29(32)38-30(33)40-31)14-26(37-25)24-8-4-6-21(36-24)15-41(16-27(42)43)17-28(44)46-34/h3-14H,2,15-17H2,1H3,(H,42,43). The van der Waals surface area contributed by atoms with Crippen molar-refractivity contribution >= 4 is 35.1 Å². The molecule has 0 unspecified atom stereocenters. The number of aromatic nitrogens is 6. The molecule has 46 heavy (non-hydrogen) atoms. The SMILES string of the molecule is CCc1cccc(-c2cc(-c3ccc(Oc4nc(Cl)nc(Cl)n4)cc3)cc(-c3cccc(CN(CC(=O)O)CC(=O)OF)n3)n2)n1. The molecule has 0 aliphatic carbocycles. The van der Waals surface area contributed by atoms with Gasteiger partial charge >= 0.3 is 17.9 Å². The van der Waals surface area contributed by atoms with E-state index in [-0.39, 0.29) is 23.1 Å². The molecule has 4 aromatic heterocycles. The Morgan fingerprint density at radius 3 is 1.96 bits per heavy atom. The summed E-state index contributed by atoms with van der Waals surface area (Å²) in [6.07, 6.45) is 0.742. The van der Waals surface area contributed by atoms with E-state index < -0.39 is 25.0 Å². The molecule has 1 aromatic carbocycles. The largest absolute Gasteiger partial charge is 0.480 e. The van der Waals surface area contributed by atoms with E-state index in [1.54, 1.807) is 30.3 Å². The third-order valence-corrected chi connectivity index (χ3v) is 6.80. The van der Waals surface area contributed by atoms with E-state index in [1.165, 1.54) is 4.90 Å². The summed E-state index contributed by atoms with van der Waals surface area (Å²) in [5.74, 6) is -1.97. The van der Waals surface area contributed by atoms with Crippen molar-refractivity contribution in [2.75, 3.05) is 13.1 Å². The molecule has 1 N–H and O–H groups in total. The zero-order valence-electron chi connectivity index (χ0n) is 24.1. The molecule has 0 spiro atoms. The Balaban J connectivity index is 1.51. The van der Waals surface area contributed by atoms with Crippen molar-refractivity contribution in [2.45, 2.75) is 19.9 Å². The van der Waals surface area contributed by atoms with Crippen LogP contribution in [0.2, 0.25) is 10.6 Å². The summed E-state index contributed by atoms with van der Waals surface area (Å²) in [5, 5.41) is 9.06. The smallest absolute Gasteiger partial charge is 0.362 e. The van der Waals surface area contributed by atoms with Crippen LogP contribution in [0.1, 0.15) is 18.3 Å². The fourth-order valence-electron chi connectivity index (χ4n) is 4.46. The summed E-state index contributed by atoms with van der Waals surface area (Å²) in [4.78, 5) is 53.1. The highest BCUT2D eigenvalue weighted by atomic mass is 35.5. The van der Waals surface area contributed by atoms with Crippen molar-refractivity contribution in [2.24, 2.45) is 0 Å². The Morgan fingerprint density at radius 2 is 1.37 bits per heavy atom. The fraction of sp³-hybridized carbons (Fsp3) is 0.161. The van der Waals surface area contributed by atoms with Crippen molar-refractivity contribution in [1.29, 1.82) is 0 Å². The van der Waals surface area contributed by atoms with Crippen LogP contribution in [0.25, 0.3) is 33.9 Å². The van der Waals surface area contributed by atoms with Gasteiger partial charge in [0.05, 0.1) is 35.0 Å². The molecular weight excluding hydrogens is 640 g/mol. The first kappa shape index (κ1) is 32.3. The molecule has 15 heteroatoms. The number of hydrogen-bond donors (Lipinski definition) is 1. The molecule has 0 fully saturated rings. The minimum atomic E-state index is -1.21. The predicted octanol–water partition coefficient (Wildman–Crippen LogP) is 6.03. The monoisotopic (exact) mass is 663 g/mol. The number of hydrogen-bond acceptors (Lipinski definition) is 11. The van der Waals surface area contributed by atoms with E-state index >= 15 is 0 Å². The van der Waals surface area contributed by atoms with E-state index in [4.69, 9.17) is 37.9 Å². The predicted molar refractivity (Wildman–Crippen MR) is 166 cm³/mol. The van der Waals surface area contributed by atoms with Crippen LogP contribution in [0.3, 0.4) is 0 Å². The van der Waals surface area contributed by atoms with Crippen LogP contribution in [0.15, 0.2) is 72.8 Å². The molecule has 5 aromatic rings. The molecule has 0 bridgehead atoms. The van der Waals surface area contributed by atoms with Crippen LogP contribution in [-0.2, 0) is 27.5 Å². The Kier molecular flexibility index (Phi) is 10.4. The van der Waals surface area contributed by atoms with E-state index in [0.29, 0.717) is 34.2 Å². The molecule has 0 saturated heterocycles. The third-order valence-electron chi connectivity index (χ3n) is 6.47. The van der Waals surface area contributed by atoms with Crippen molar-refractivity contribution in [3.05, 3.63) is 94.8 Å². The third kappa shape index (κ3) is 8.53. The van der Waals surface area contributed by atoms with Gasteiger partial charge in [0.2, 0.25) is 10.6 Å². The maximum absolute atomic E-state index is 12.4. The van der Waals surface area contributed by atoms with Gasteiger partial charge in [-0.25, -0.2) is 14.8 Å². The van der Waals surface area contributed by atoms with Gasteiger partial charge in [0.15, 0.2) is 0 Å². The summed E-state index contributed by atoms with van der Waals surface area (Å²) < 4.78 is 18.1. The van der Waals surface area contributed by atoms with Gasteiger partial charge in [0.1, 0.15) is 12.3 Å². The first-order valence-electron chi connectivity index (χ1n) is 13.7. The molecule has 4 heterocycles. The van der Waals surface area contributed by atoms with Crippen molar-refractivity contribution < 1.29 is 28.9 Å². The maximum atomic E-state index is 12.4. The highest BCUT2D eigenvalue weighted by molar-refractivity contribution is 6.31. The number of carbonyl (C=O) groups is 2. The van der Waals surface area contributed by atoms with Crippen LogP contribution in [-0.4, -0.2) is 64.9 Å². The molecule has 12 nitrogen and oxygen atoms in total. The lowest BCUT2D eigenvalue weighted by Crippen LogP contribution is -2.34. The van der Waals surface area contributed by atoms with Crippen molar-refractivity contribution in [3.63, 3.8) is 0 Å². The van der Waals surface area contributed by atoms with Crippen LogP contribution < -0.4 is 4.74 Å². The van der Waals surface area contributed by atoms with Gasteiger partial charge in [-0.05, 0) is 89.3 Å². The molecule has 5 rings (SSSR count). The lowest BCUT2D eigenvalue weighted by Gasteiger charge is -2.18. The maximum Gasteiger partial charge on any atom is 0.362 e. The van der Waals surface area contributed by atoms with Gasteiger partial charge in [-0.1, -0.05) is 31.2 Å². The number of halogens is 3. The van der Waals surface area contributed by atoms with E-state index in [9.17, 15) is 19.2 Å². The number of aryl methyl sites for hydroxylation is 1. The summed E-state index contributed by atoms with van der Waals surface area (Å²) in [7, 11) is 0. The number of carboxylic acids is 1. The number of nitrogens with zero attached hydrogens (tertiary/aromatic N) is 7. The minimum Gasteiger partial charge on any atom is -0.480 e. The Morgan fingerprint density at radius 1 is 0.761 bits per heavy atom. The fourth-order valence-corrected chi connectivity index (χ4v) is 4.81. The van der Waals surface area contributed by atoms with Crippen LogP contribution >= 0.6 is 23.2 Å². The lowest BCUT2D eigenvalue weighted by atomic mass is 10.0. The zero-order chi connectivity index (χ0) is 32.6. The van der Waals surface area contributed by atoms with Gasteiger partial charge in [0, 0.05) is 16.8 Å². The average Bonchev–Trinajstić information content (AvgIpc) is 3.04. The van der Waals surface area contributed by atoms with Crippen molar-refractivity contribution in [1.82, 2.24) is 34.8 Å². The highest BCUT2D eigenvalue weighted by Gasteiger charge is 2.18. The van der Waals surface area contributed by atoms with Gasteiger partial charge in [0.25, 0.3) is 0 Å². The van der Waals surface area contributed by atoms with Gasteiger partial charge in [-0.3, -0.25) is 19.6 Å². The molecule has 0 radical (unpaired) electrons. The lowest BCUT2D eigenvalue weighted by molar-refractivity contribution is -0.185. The van der Waals surface area contributed by atoms with E-state index in [2.05, 4.69) is 24.9 Å². The number of pyridine rings is 3. The number of benzene rings is 1. The molecule has 234 valence electrons. The Hall–Kier alpha value is -5.11. The summed E-state index contributed by atoms with van der Waals surface area (Å²) in [6, 6.07) is 21.7. The first-order valence-corrected chi connectivity index (χ1v) is 14.5. The number of carbonyl (C=O) groups excluding carboxylic acids is 1. The van der Waals surface area contributed by atoms with Crippen molar-refractivity contribution in [3.8, 4) is 45.7 Å². The highest BCUT2D eigenvalue weighted by Crippen LogP contribution is 2.31. The van der Waals surface area contributed by atoms with Crippen LogP contribution in [0.4, 0.5) is 4.53 Å². The second kappa shape index (κ2) is 14.8. The number of ether oxygens (including phenoxy) is 1. The molecular formula is C31H24Cl2FN7O5. The van der Waals surface area contributed by atoms with Crippen LogP contribution in [0.5, 0.6) is 11.8 Å². The summed E-state index contributed by atoms with van der Waals surface area (Å²) >= 11 is 11.7. The second-order valence-electron chi connectivity index (χ2n) is 9.78. The van der Waals surface area contributed by atoms with Gasteiger partial charge < -0.3 is 9.84 Å². The minimum absolute atomic E-state index is 0.0532. The molecule has 0 amide bonds. The summed E-state index contributed by atoms with van der Waals surface area (Å²) in [6.45, 7) is 0.867. The zero-order valence-corrected chi connectivity index (χ0v) is 25.6. The number of carboxylic acid groups (broad SMARTS) is 1. The normalized spacial score (nSPS) is 11.0. The van der Waals surface area contributed by atoms with E-state index in [1.807, 2.05) is 49.4 Å². The summed E-state index contributed by atoms with van der Waals surface area (Å²) in [5.41, 5.74) is 5.22. The second-order valence-corrected chi connectivity index (χ2v) is 10.5. The number of aliphatic carboxylic acids is 1. The van der Waals surface area contributed by atoms with Gasteiger partial charge in [-0.2, -0.15) is 15.0 Å². The molecule has 0 aliphatic heterocycles. The quantitative estimate of drug-likeness (QED) is 0.166. The Bertz CT molecular complexity index is 1860. The Labute approximate surface area is 271 Å².